The van der Waals surface area contributed by atoms with Crippen molar-refractivity contribution in [1.82, 2.24) is 15.0 Å². The average Bonchev–Trinajstić information content (AvgIpc) is 1.98. The highest BCUT2D eigenvalue weighted by molar-refractivity contribution is 4.92. The molecule has 0 bridgehead atoms. The van der Waals surface area contributed by atoms with Gasteiger partial charge in [-0.15, -0.1) is 11.5 Å². The Labute approximate surface area is 501 Å². The van der Waals surface area contributed by atoms with Gasteiger partial charge in [0.1, 0.15) is 61.1 Å². The smallest absolute Gasteiger partial charge is 0.186 e. The van der Waals surface area contributed by atoms with E-state index in [2.05, 4.69) is 36.3 Å². The largest absolute Gasteiger partial charge is 0.394 e. The van der Waals surface area contributed by atoms with Crippen molar-refractivity contribution < 1.29 is 243 Å². The molecule has 0 amide bonds. The molecule has 2 aliphatic heterocycles. The van der Waals surface area contributed by atoms with Crippen LogP contribution in [0.2, 0.25) is 0 Å². The SMILES string of the molecule is C#CCOCCCOC1OC(CO)C(O)C(O)C1O.CF.OCC1OC(OCCCOCc2cn(CC3CCC3O)nn2)C(O)C(O)C1O.OO.OO.OO.OO.OO.OO.OO.OO.OO.OO.OO.OO.OOO.OOO.[2H]C.[N-]=[N+]=NCC1CCC1O. The molecule has 3 heterocycles. The number of aliphatic hydroxyl groups excluding tert-OH is 10. The van der Waals surface area contributed by atoms with Gasteiger partial charge < -0.3 is 79.5 Å². The average molecular weight is 1370 g/mol. The molecule has 89 heavy (non-hydrogen) atoms. The Kier molecular flexibility index (Phi) is 138. The van der Waals surface area contributed by atoms with E-state index in [1.165, 1.54) is 7.40 Å². The van der Waals surface area contributed by atoms with Crippen LogP contribution in [0.15, 0.2) is 11.3 Å². The third-order valence-corrected chi connectivity index (χ3v) is 9.70. The highest BCUT2D eigenvalue weighted by Crippen LogP contribution is 2.29. The number of aromatic nitrogens is 3. The summed E-state index contributed by atoms with van der Waals surface area (Å²) in [5, 5.41) is 281. The number of ether oxygens (including phenoxy) is 6. The fraction of sp³-hybridized carbons (Fsp3) is 0.889. The molecular weight excluding hydrogens is 1270 g/mol. The molecule has 38 N–H and O–H groups in total. The van der Waals surface area contributed by atoms with Crippen molar-refractivity contribution in [2.75, 3.05) is 60.0 Å². The number of alkyl halides is 1. The van der Waals surface area contributed by atoms with Crippen LogP contribution in [0.3, 0.4) is 0 Å². The van der Waals surface area contributed by atoms with E-state index in [1.807, 2.05) is 0 Å². The second-order valence-corrected chi connectivity index (χ2v) is 14.0. The molecule has 0 spiro atoms. The molecule has 4 fully saturated rings. The highest BCUT2D eigenvalue weighted by atomic mass is 19.1. The van der Waals surface area contributed by atoms with E-state index < -0.39 is 74.6 Å². The second-order valence-electron chi connectivity index (χ2n) is 14.0. The summed E-state index contributed by atoms with van der Waals surface area (Å²) in [5.41, 5.74) is 8.60. The van der Waals surface area contributed by atoms with Gasteiger partial charge >= 0.3 is 0 Å². The summed E-state index contributed by atoms with van der Waals surface area (Å²) in [5.74, 6) is 2.81. The first-order valence-electron chi connectivity index (χ1n) is 23.2. The highest BCUT2D eigenvalue weighted by Gasteiger charge is 2.45. The number of nitrogens with zero attached hydrogens (tertiary/aromatic N) is 6. The molecule has 2 saturated carbocycles. The van der Waals surface area contributed by atoms with Crippen LogP contribution < -0.4 is 0 Å². The Balaban J connectivity index is -0.0000000676. The minimum absolute atomic E-state index is 0.203. The van der Waals surface area contributed by atoms with Crippen molar-refractivity contribution in [1.29, 1.82) is 0 Å². The molecule has 53 heteroatoms. The van der Waals surface area contributed by atoms with Crippen molar-refractivity contribution in [3.63, 3.8) is 0 Å². The van der Waals surface area contributed by atoms with Gasteiger partial charge in [0, 0.05) is 31.9 Å². The van der Waals surface area contributed by atoms with Crippen LogP contribution in [0.25, 0.3) is 10.4 Å². The first kappa shape index (κ1) is 116. The van der Waals surface area contributed by atoms with Crippen molar-refractivity contribution in [3.8, 4) is 12.3 Å². The zero-order valence-corrected chi connectivity index (χ0v) is 46.9. The van der Waals surface area contributed by atoms with E-state index in [-0.39, 0.29) is 43.9 Å². The Morgan fingerprint density at radius 1 is 0.584 bits per heavy atom. The van der Waals surface area contributed by atoms with Crippen molar-refractivity contribution in [2.24, 2.45) is 17.0 Å². The van der Waals surface area contributed by atoms with Crippen LogP contribution in [0.1, 0.15) is 53.0 Å². The predicted octanol–water partition coefficient (Wildman–Crippen LogP) is -1.99. The predicted molar refractivity (Wildman–Crippen MR) is 279 cm³/mol. The molecule has 2 saturated heterocycles. The zero-order chi connectivity index (χ0) is 74.5. The van der Waals surface area contributed by atoms with E-state index in [0.29, 0.717) is 58.6 Å². The third-order valence-electron chi connectivity index (χ3n) is 9.70. The van der Waals surface area contributed by atoms with Crippen LogP contribution in [0.5, 0.6) is 0 Å². The van der Waals surface area contributed by atoms with E-state index in [0.717, 1.165) is 25.7 Å². The van der Waals surface area contributed by atoms with Gasteiger partial charge in [-0.25, -0.2) is 21.0 Å². The maximum absolute atomic E-state index is 9.87. The molecule has 2 aliphatic carbocycles. The summed E-state index contributed by atoms with van der Waals surface area (Å²) in [6.45, 7) is 1.88. The Morgan fingerprint density at radius 2 is 0.921 bits per heavy atom. The fourth-order valence-corrected chi connectivity index (χ4v) is 5.84. The van der Waals surface area contributed by atoms with Gasteiger partial charge in [-0.1, -0.05) is 33.7 Å². The minimum atomic E-state index is -1.45. The summed E-state index contributed by atoms with van der Waals surface area (Å²) in [7, 11) is 1.75. The van der Waals surface area contributed by atoms with Crippen LogP contribution in [0.4, 0.5) is 4.39 Å². The zero-order valence-electron chi connectivity index (χ0n) is 47.9. The lowest BCUT2D eigenvalue weighted by Crippen LogP contribution is -2.59. The molecule has 4 aliphatic rings. The molecule has 1 aromatic heterocycles. The number of azide groups is 1. The molecule has 550 valence electrons. The van der Waals surface area contributed by atoms with Gasteiger partial charge in [-0.3, -0.25) is 135 Å². The fourth-order valence-electron chi connectivity index (χ4n) is 5.84. The lowest BCUT2D eigenvalue weighted by molar-refractivity contribution is -0.465. The number of hydrogen-bond donors (Lipinski definition) is 38. The Hall–Kier alpha value is -3.90. The maximum Gasteiger partial charge on any atom is 0.186 e. The normalized spacial score (nSPS) is 23.3. The summed E-state index contributed by atoms with van der Waals surface area (Å²) >= 11 is 0. The van der Waals surface area contributed by atoms with Crippen molar-refractivity contribution in [2.45, 2.75) is 133 Å². The number of halogens is 1. The number of hydrogen-bond acceptors (Lipinski definition) is 49. The standard InChI is InChI=1S/C17H29N3O8.C12H20O7.C5H9N3O.CH3F.CH4.2H2O3.12H2O2/c21-8-13-14(23)15(24)16(25)17(28-13)27-5-1-4-26-9-11-7-20(19-18-11)6-10-2-3-12(10)22;1-2-4-17-5-3-6-18-12-11(16)10(15)9(14)8(7-13)19-12;6-8-7-3-4-1-2-5(4)9;1-2;;2*1-3-2;12*1-2/h7,10,12-17,21-25H,1-6,8-9H2;1,8-16H,3-7H2;4-5,9H,1-3H2;1H3;1H4;2*1-2H;12*1-2H/i;;;;1D;;;;;;;;;;;;;;. The quantitative estimate of drug-likeness (QED) is 0.0136. The van der Waals surface area contributed by atoms with E-state index in [4.69, 9.17) is 204 Å². The van der Waals surface area contributed by atoms with Gasteiger partial charge in [-0.2, -0.15) is 0 Å². The van der Waals surface area contributed by atoms with Gasteiger partial charge in [0.15, 0.2) is 12.6 Å². The molecular formula is C36H93FN6O46. The van der Waals surface area contributed by atoms with Crippen LogP contribution in [-0.4, -0.2) is 347 Å². The van der Waals surface area contributed by atoms with Crippen LogP contribution >= 0.6 is 0 Å². The second kappa shape index (κ2) is 106. The van der Waals surface area contributed by atoms with Gasteiger partial charge in [0.25, 0.3) is 0 Å². The van der Waals surface area contributed by atoms with E-state index >= 15 is 0 Å². The molecule has 1 aromatic rings. The Morgan fingerprint density at radius 3 is 1.20 bits per heavy atom. The van der Waals surface area contributed by atoms with Gasteiger partial charge in [0.2, 0.25) is 0 Å². The first-order valence-corrected chi connectivity index (χ1v) is 22.2. The molecule has 5 rings (SSSR count). The molecule has 0 aromatic carbocycles. The molecule has 52 nitrogen and oxygen atoms in total. The van der Waals surface area contributed by atoms with E-state index in [9.17, 15) is 40.1 Å². The topological polar surface area (TPSA) is 922 Å². The molecule has 14 atom stereocenters. The minimum Gasteiger partial charge on any atom is -0.394 e. The summed E-state index contributed by atoms with van der Waals surface area (Å²) < 4.78 is 48.5. The molecule has 0 radical (unpaired) electrons. The van der Waals surface area contributed by atoms with Crippen LogP contribution in [-0.2, 0) is 51.6 Å². The summed E-state index contributed by atoms with van der Waals surface area (Å²) in [4.78, 5) is 2.61. The first-order chi connectivity index (χ1) is 43.8. The van der Waals surface area contributed by atoms with E-state index in [1.54, 1.807) is 10.9 Å². The van der Waals surface area contributed by atoms with Crippen molar-refractivity contribution in [3.05, 3.63) is 22.3 Å². The monoisotopic (exact) mass is 1370 g/mol. The lowest BCUT2D eigenvalue weighted by Gasteiger charge is -2.39. The lowest BCUT2D eigenvalue weighted by atomic mass is 9.82. The third kappa shape index (κ3) is 66.8. The number of rotatable bonds is 19. The summed E-state index contributed by atoms with van der Waals surface area (Å²) in [6, 6.07) is 0. The van der Waals surface area contributed by atoms with Crippen LogP contribution in [0, 0.1) is 24.2 Å². The van der Waals surface area contributed by atoms with Gasteiger partial charge in [0.05, 0.1) is 65.2 Å². The maximum atomic E-state index is 9.87. The molecule has 14 unspecified atom stereocenters. The number of terminal acetylenes is 1. The van der Waals surface area contributed by atoms with Crippen molar-refractivity contribution >= 4 is 0 Å². The Bertz CT molecular complexity index is 1400. The number of aliphatic hydroxyl groups is 10. The summed E-state index contributed by atoms with van der Waals surface area (Å²) in [6.07, 6.45) is -1.47. The van der Waals surface area contributed by atoms with Gasteiger partial charge in [-0.05, 0) is 50.0 Å².